The molecule has 2 fully saturated rings. The summed E-state index contributed by atoms with van der Waals surface area (Å²) in [6, 6.07) is 20.4. The molecule has 0 atom stereocenters. The van der Waals surface area contributed by atoms with Crippen LogP contribution in [0.2, 0.25) is 10.0 Å². The topological polar surface area (TPSA) is 158 Å². The van der Waals surface area contributed by atoms with Crippen molar-refractivity contribution in [2.75, 3.05) is 66.7 Å². The van der Waals surface area contributed by atoms with E-state index in [1.54, 1.807) is 129 Å². The van der Waals surface area contributed by atoms with Gasteiger partial charge >= 0.3 is 17.9 Å². The number of hydrogen-bond acceptors (Lipinski definition) is 12. The molecule has 0 radical (unpaired) electrons. The Morgan fingerprint density at radius 1 is 0.629 bits per heavy atom. The van der Waals surface area contributed by atoms with E-state index in [1.807, 2.05) is 13.8 Å². The molecule has 366 valence electrons. The van der Waals surface area contributed by atoms with E-state index in [4.69, 9.17) is 80.1 Å². The minimum atomic E-state index is -1.02. The van der Waals surface area contributed by atoms with Gasteiger partial charge in [-0.3, -0.25) is 38.7 Å². The van der Waals surface area contributed by atoms with Gasteiger partial charge in [-0.05, 0) is 163 Å². The number of halogens is 2. The van der Waals surface area contributed by atoms with Crippen molar-refractivity contribution in [2.24, 2.45) is 0 Å². The van der Waals surface area contributed by atoms with Crippen LogP contribution in [0, 0.1) is 27.0 Å². The molecule has 4 aromatic rings. The number of thiocarbonyl (C=S) groups is 2. The first kappa shape index (κ1) is 54.4. The summed E-state index contributed by atoms with van der Waals surface area (Å²) in [6.45, 7) is 24.9. The fraction of sp³-hybridized carbons (Fsp3) is 0.340. The maximum Gasteiger partial charge on any atom is 0.320 e. The number of esters is 3. The summed E-state index contributed by atoms with van der Waals surface area (Å²) in [6.07, 6.45) is -0.197. The third-order valence-electron chi connectivity index (χ3n) is 11.1. The maximum atomic E-state index is 13.5. The minimum absolute atomic E-state index is 0.0449. The summed E-state index contributed by atoms with van der Waals surface area (Å²) in [4.78, 5) is 77.8. The molecular weight excluding hydrogens is 978 g/mol. The van der Waals surface area contributed by atoms with Crippen LogP contribution in [0.15, 0.2) is 72.8 Å². The van der Waals surface area contributed by atoms with Crippen LogP contribution in [-0.4, -0.2) is 108 Å². The van der Waals surface area contributed by atoms with Gasteiger partial charge in [0.25, 0.3) is 11.8 Å². The Morgan fingerprint density at radius 3 is 1.36 bits per heavy atom. The SMILES string of the molecule is [C-]#[N+]c1ccc(N2C(=O)C(C)(C)N(c3ccc(Cl)c(CC(=O)OCCO)c3)C2=S)cc1C.[C-]#[N+]c1ccc(N2C(=O)C(C)(C)N(c3ccc(Cl)c(CC(=O)OCCOC(=O)CN(C)C)c3)C2=S)cc1C. The molecule has 6 rings (SSSR count). The number of amides is 2. The zero-order valence-electron chi connectivity index (χ0n) is 39.8. The number of hydrogen-bond donors (Lipinski definition) is 1. The summed E-state index contributed by atoms with van der Waals surface area (Å²) in [5.74, 6) is -1.90. The van der Waals surface area contributed by atoms with E-state index in [9.17, 15) is 24.0 Å². The van der Waals surface area contributed by atoms with Crippen LogP contribution in [0.1, 0.15) is 49.9 Å². The summed E-state index contributed by atoms with van der Waals surface area (Å²) in [5, 5.41) is 10.1. The zero-order valence-corrected chi connectivity index (χ0v) is 42.9. The molecule has 70 heavy (non-hydrogen) atoms. The molecule has 4 aromatic carbocycles. The van der Waals surface area contributed by atoms with Gasteiger partial charge in [-0.25, -0.2) is 9.69 Å². The largest absolute Gasteiger partial charge is 0.463 e. The molecule has 16 nitrogen and oxygen atoms in total. The van der Waals surface area contributed by atoms with Gasteiger partial charge < -0.3 is 29.1 Å². The molecule has 20 heteroatoms. The van der Waals surface area contributed by atoms with Gasteiger partial charge in [0, 0.05) is 32.8 Å². The van der Waals surface area contributed by atoms with Crippen LogP contribution in [0.4, 0.5) is 34.1 Å². The molecule has 1 N–H and O–H groups in total. The number of aliphatic hydroxyl groups excluding tert-OH is 1. The summed E-state index contributed by atoms with van der Waals surface area (Å²) in [7, 11) is 3.49. The van der Waals surface area contributed by atoms with Gasteiger partial charge in [-0.2, -0.15) is 0 Å². The van der Waals surface area contributed by atoms with Crippen molar-refractivity contribution in [3.05, 3.63) is 128 Å². The van der Waals surface area contributed by atoms with Crippen LogP contribution in [0.25, 0.3) is 9.69 Å². The quantitative estimate of drug-likeness (QED) is 0.0397. The molecule has 2 amide bonds. The Kier molecular flexibility index (Phi) is 17.8. The van der Waals surface area contributed by atoms with Crippen molar-refractivity contribution >= 4 is 122 Å². The lowest BCUT2D eigenvalue weighted by molar-refractivity contribution is -0.152. The molecule has 2 saturated heterocycles. The predicted molar refractivity (Wildman–Crippen MR) is 277 cm³/mol. The Balaban J connectivity index is 0.000000265. The predicted octanol–water partition coefficient (Wildman–Crippen LogP) is 8.50. The molecule has 0 aromatic heterocycles. The number of aliphatic hydroxyl groups is 1. The number of likely N-dealkylation sites (N-methyl/N-ethyl adjacent to an activating group) is 1. The van der Waals surface area contributed by atoms with Crippen LogP contribution in [-0.2, 0) is 51.0 Å². The number of anilines is 4. The van der Waals surface area contributed by atoms with Gasteiger partial charge in [-0.1, -0.05) is 35.3 Å². The highest BCUT2D eigenvalue weighted by Crippen LogP contribution is 2.40. The molecule has 0 saturated carbocycles. The van der Waals surface area contributed by atoms with Crippen LogP contribution in [0.3, 0.4) is 0 Å². The second kappa shape index (κ2) is 22.9. The van der Waals surface area contributed by atoms with Crippen LogP contribution < -0.4 is 19.6 Å². The normalized spacial score (nSPS) is 14.8. The molecule has 2 aliphatic heterocycles. The first-order valence-electron chi connectivity index (χ1n) is 21.6. The van der Waals surface area contributed by atoms with Gasteiger partial charge in [0.05, 0.1) is 39.1 Å². The molecule has 2 aliphatic rings. The van der Waals surface area contributed by atoms with Gasteiger partial charge in [0.1, 0.15) is 30.9 Å². The number of nitrogens with zero attached hydrogens (tertiary/aromatic N) is 7. The molecule has 0 bridgehead atoms. The van der Waals surface area contributed by atoms with E-state index in [-0.39, 0.29) is 67.9 Å². The average molecular weight is 1030 g/mol. The highest BCUT2D eigenvalue weighted by atomic mass is 35.5. The van der Waals surface area contributed by atoms with Crippen molar-refractivity contribution in [3.8, 4) is 0 Å². The average Bonchev–Trinajstić information content (AvgIpc) is 3.59. The van der Waals surface area contributed by atoms with Crippen LogP contribution in [0.5, 0.6) is 0 Å². The zero-order chi connectivity index (χ0) is 51.8. The molecule has 2 heterocycles. The van der Waals surface area contributed by atoms with Crippen LogP contribution >= 0.6 is 47.6 Å². The Morgan fingerprint density at radius 2 is 1.00 bits per heavy atom. The first-order valence-corrected chi connectivity index (χ1v) is 23.2. The van der Waals surface area contributed by atoms with Crippen molar-refractivity contribution < 1.29 is 43.3 Å². The minimum Gasteiger partial charge on any atom is -0.463 e. The standard InChI is InChI=1S/C27H29ClN4O5S.C23H22ClN3O4S/c1-17-13-19(8-10-22(17)29-4)31-25(35)27(2,3)32(26(31)38)20-7-9-21(28)18(14-20)15-23(33)36-11-12-37-24(34)16-30(5)6;1-14-11-16(6-8-19(14)25-4)26-21(30)23(2,3)27(22(26)32)17-5-7-18(24)15(12-17)13-20(29)31-10-9-28/h7-10,13-14H,11-12,15-16H2,1-3,5-6H3;5-8,11-12,28H,9-10,13H2,1-3H3. The summed E-state index contributed by atoms with van der Waals surface area (Å²) >= 11 is 24.1. The number of carbonyl (C=O) groups excluding carboxylic acids is 5. The lowest BCUT2D eigenvalue weighted by Crippen LogP contribution is -2.44. The van der Waals surface area contributed by atoms with E-state index in [1.165, 1.54) is 9.80 Å². The lowest BCUT2D eigenvalue weighted by atomic mass is 10.0. The molecule has 0 aliphatic carbocycles. The highest BCUT2D eigenvalue weighted by molar-refractivity contribution is 7.81. The van der Waals surface area contributed by atoms with Crippen molar-refractivity contribution in [1.82, 2.24) is 4.90 Å². The number of rotatable bonds is 15. The summed E-state index contributed by atoms with van der Waals surface area (Å²) in [5.41, 5.74) is 3.87. The van der Waals surface area contributed by atoms with Crippen molar-refractivity contribution in [1.29, 1.82) is 0 Å². The van der Waals surface area contributed by atoms with Crippen molar-refractivity contribution in [3.63, 3.8) is 0 Å². The lowest BCUT2D eigenvalue weighted by Gasteiger charge is -2.30. The Labute approximate surface area is 427 Å². The van der Waals surface area contributed by atoms with Gasteiger partial charge in [-0.15, -0.1) is 0 Å². The molecule has 0 spiro atoms. The smallest absolute Gasteiger partial charge is 0.320 e. The summed E-state index contributed by atoms with van der Waals surface area (Å²) < 4.78 is 15.1. The number of benzene rings is 4. The maximum absolute atomic E-state index is 13.5. The third kappa shape index (κ3) is 12.1. The van der Waals surface area contributed by atoms with E-state index >= 15 is 0 Å². The fourth-order valence-electron chi connectivity index (χ4n) is 7.58. The van der Waals surface area contributed by atoms with E-state index in [2.05, 4.69) is 9.69 Å². The fourth-order valence-corrected chi connectivity index (χ4v) is 8.99. The molecular formula is C50H51Cl2N7O9S2. The van der Waals surface area contributed by atoms with E-state index in [0.29, 0.717) is 55.3 Å². The number of aryl methyl sites for hydroxylation is 2. The third-order valence-corrected chi connectivity index (χ3v) is 12.6. The van der Waals surface area contributed by atoms with Gasteiger partial charge in [0.2, 0.25) is 0 Å². The molecule has 0 unspecified atom stereocenters. The highest BCUT2D eigenvalue weighted by Gasteiger charge is 2.51. The second-order valence-electron chi connectivity index (χ2n) is 17.3. The number of ether oxygens (including phenoxy) is 3. The monoisotopic (exact) mass is 1030 g/mol. The van der Waals surface area contributed by atoms with Crippen molar-refractivity contribution in [2.45, 2.75) is 65.5 Å². The Bertz CT molecular complexity index is 2840. The number of carbonyl (C=O) groups is 5. The van der Waals surface area contributed by atoms with E-state index < -0.39 is 29.0 Å². The Hall–Kier alpha value is -6.51. The first-order chi connectivity index (χ1) is 33.0. The van der Waals surface area contributed by atoms with Gasteiger partial charge in [0.15, 0.2) is 21.6 Å². The second-order valence-corrected chi connectivity index (χ2v) is 18.9. The van der Waals surface area contributed by atoms with E-state index in [0.717, 1.165) is 11.1 Å².